The van der Waals surface area contributed by atoms with Gasteiger partial charge in [-0.1, -0.05) is 6.07 Å². The van der Waals surface area contributed by atoms with Crippen molar-refractivity contribution >= 4 is 32.7 Å². The Kier molecular flexibility index (Phi) is 2.56. The van der Waals surface area contributed by atoms with Crippen LogP contribution in [0.3, 0.4) is 0 Å². The summed E-state index contributed by atoms with van der Waals surface area (Å²) < 4.78 is 19.4. The van der Waals surface area contributed by atoms with Crippen LogP contribution in [0.1, 0.15) is 0 Å². The van der Waals surface area contributed by atoms with E-state index in [4.69, 9.17) is 10.2 Å². The number of rotatable bonds is 1. The lowest BCUT2D eigenvalue weighted by molar-refractivity contribution is 0.608. The van der Waals surface area contributed by atoms with Gasteiger partial charge in [0.1, 0.15) is 11.3 Å². The minimum atomic E-state index is -0.359. The van der Waals surface area contributed by atoms with Gasteiger partial charge in [0.2, 0.25) is 5.89 Å². The second-order valence-corrected chi connectivity index (χ2v) is 4.70. The van der Waals surface area contributed by atoms with Gasteiger partial charge in [-0.2, -0.15) is 0 Å². The predicted octanol–water partition coefficient (Wildman–Crippen LogP) is 3.98. The van der Waals surface area contributed by atoms with Crippen molar-refractivity contribution in [1.29, 1.82) is 0 Å². The minimum absolute atomic E-state index is 0.356. The van der Waals surface area contributed by atoms with Gasteiger partial charge in [-0.25, -0.2) is 9.37 Å². The molecule has 0 aliphatic heterocycles. The lowest BCUT2D eigenvalue weighted by atomic mass is 10.2. The van der Waals surface area contributed by atoms with E-state index >= 15 is 0 Å². The van der Waals surface area contributed by atoms with Crippen molar-refractivity contribution < 1.29 is 8.81 Å². The highest BCUT2D eigenvalue weighted by atomic mass is 79.9. The fourth-order valence-corrected chi connectivity index (χ4v) is 1.97. The number of hydrogen-bond donors (Lipinski definition) is 1. The molecule has 5 heteroatoms. The monoisotopic (exact) mass is 306 g/mol. The maximum atomic E-state index is 13.5. The van der Waals surface area contributed by atoms with Crippen LogP contribution < -0.4 is 5.73 Å². The van der Waals surface area contributed by atoms with Crippen LogP contribution in [0, 0.1) is 5.82 Å². The summed E-state index contributed by atoms with van der Waals surface area (Å²) in [4.78, 5) is 4.28. The third-order valence-electron chi connectivity index (χ3n) is 2.62. The molecule has 0 aliphatic rings. The summed E-state index contributed by atoms with van der Waals surface area (Å²) in [6.07, 6.45) is 0. The third kappa shape index (κ3) is 1.76. The number of nitrogen functional groups attached to an aromatic ring is 1. The van der Waals surface area contributed by atoms with E-state index in [0.717, 1.165) is 0 Å². The number of nitrogens with two attached hydrogens (primary N) is 1. The first-order chi connectivity index (χ1) is 8.65. The van der Waals surface area contributed by atoms with Gasteiger partial charge in [0, 0.05) is 5.56 Å². The first kappa shape index (κ1) is 11.2. The van der Waals surface area contributed by atoms with Crippen LogP contribution in [-0.2, 0) is 0 Å². The molecular weight excluding hydrogens is 299 g/mol. The molecule has 18 heavy (non-hydrogen) atoms. The van der Waals surface area contributed by atoms with Gasteiger partial charge in [-0.3, -0.25) is 0 Å². The number of nitrogens with zero attached hydrogens (tertiary/aromatic N) is 1. The van der Waals surface area contributed by atoms with Crippen LogP contribution in [0.4, 0.5) is 10.1 Å². The summed E-state index contributed by atoms with van der Waals surface area (Å²) in [6, 6.07) is 10.0. The number of halogens is 2. The van der Waals surface area contributed by atoms with Gasteiger partial charge in [0.15, 0.2) is 5.58 Å². The number of oxazole rings is 1. The number of aromatic nitrogens is 1. The number of para-hydroxylation sites is 1. The highest BCUT2D eigenvalue weighted by molar-refractivity contribution is 9.10. The number of fused-ring (bicyclic) bond motifs is 1. The molecule has 0 radical (unpaired) electrons. The molecule has 0 saturated heterocycles. The average Bonchev–Trinajstić information content (AvgIpc) is 2.78. The second kappa shape index (κ2) is 4.10. The molecule has 2 N–H and O–H groups in total. The predicted molar refractivity (Wildman–Crippen MR) is 71.5 cm³/mol. The summed E-state index contributed by atoms with van der Waals surface area (Å²) >= 11 is 3.10. The molecule has 0 fully saturated rings. The Labute approximate surface area is 111 Å². The number of anilines is 1. The number of benzene rings is 2. The minimum Gasteiger partial charge on any atom is -0.436 e. The maximum Gasteiger partial charge on any atom is 0.227 e. The first-order valence-electron chi connectivity index (χ1n) is 5.25. The molecule has 0 atom stereocenters. The summed E-state index contributed by atoms with van der Waals surface area (Å²) in [5, 5.41) is 0. The SMILES string of the molecule is Nc1cccc2oc(-c3ccc(Br)c(F)c3)nc12. The van der Waals surface area contributed by atoms with E-state index in [9.17, 15) is 4.39 Å². The lowest BCUT2D eigenvalue weighted by Gasteiger charge is -1.97. The molecule has 0 bridgehead atoms. The van der Waals surface area contributed by atoms with Crippen molar-refractivity contribution in [3.05, 3.63) is 46.7 Å². The van der Waals surface area contributed by atoms with Crippen molar-refractivity contribution in [1.82, 2.24) is 4.98 Å². The Morgan fingerprint density at radius 3 is 2.78 bits per heavy atom. The Hall–Kier alpha value is -1.88. The van der Waals surface area contributed by atoms with Gasteiger partial charge in [0.05, 0.1) is 10.2 Å². The fraction of sp³-hybridized carbons (Fsp3) is 0. The highest BCUT2D eigenvalue weighted by Crippen LogP contribution is 2.29. The molecule has 0 spiro atoms. The zero-order chi connectivity index (χ0) is 12.7. The van der Waals surface area contributed by atoms with Crippen molar-refractivity contribution in [3.63, 3.8) is 0 Å². The Morgan fingerprint density at radius 2 is 2.06 bits per heavy atom. The first-order valence-corrected chi connectivity index (χ1v) is 6.05. The molecule has 0 saturated carbocycles. The molecule has 1 aromatic heterocycles. The van der Waals surface area contributed by atoms with Crippen LogP contribution in [0.15, 0.2) is 45.3 Å². The van der Waals surface area contributed by atoms with Gasteiger partial charge >= 0.3 is 0 Å². The summed E-state index contributed by atoms with van der Waals surface area (Å²) in [7, 11) is 0. The second-order valence-electron chi connectivity index (χ2n) is 3.84. The van der Waals surface area contributed by atoms with E-state index < -0.39 is 0 Å². The normalized spacial score (nSPS) is 11.0. The van der Waals surface area contributed by atoms with Crippen LogP contribution >= 0.6 is 15.9 Å². The van der Waals surface area contributed by atoms with Crippen molar-refractivity contribution in [2.45, 2.75) is 0 Å². The van der Waals surface area contributed by atoms with Crippen LogP contribution in [0.2, 0.25) is 0 Å². The third-order valence-corrected chi connectivity index (χ3v) is 3.26. The maximum absolute atomic E-state index is 13.5. The molecular formula is C13H8BrFN2O. The van der Waals surface area contributed by atoms with E-state index in [1.807, 2.05) is 0 Å². The highest BCUT2D eigenvalue weighted by Gasteiger charge is 2.11. The van der Waals surface area contributed by atoms with Gasteiger partial charge < -0.3 is 10.2 Å². The number of hydrogen-bond acceptors (Lipinski definition) is 3. The quantitative estimate of drug-likeness (QED) is 0.692. The summed E-state index contributed by atoms with van der Waals surface area (Å²) in [5.74, 6) is -0.00275. The van der Waals surface area contributed by atoms with Gasteiger partial charge in [-0.15, -0.1) is 0 Å². The Balaban J connectivity index is 2.19. The smallest absolute Gasteiger partial charge is 0.227 e. The molecule has 0 aliphatic carbocycles. The lowest BCUT2D eigenvalue weighted by Crippen LogP contribution is -1.85. The summed E-state index contributed by atoms with van der Waals surface area (Å²) in [6.45, 7) is 0. The topological polar surface area (TPSA) is 52.0 Å². The standard InChI is InChI=1S/C13H8BrFN2O/c14-8-5-4-7(6-9(8)15)13-17-12-10(16)2-1-3-11(12)18-13/h1-6H,16H2. The molecule has 1 heterocycles. The fourth-order valence-electron chi connectivity index (χ4n) is 1.72. The van der Waals surface area contributed by atoms with E-state index in [2.05, 4.69) is 20.9 Å². The van der Waals surface area contributed by atoms with Crippen molar-refractivity contribution in [3.8, 4) is 11.5 Å². The molecule has 3 rings (SSSR count). The van der Waals surface area contributed by atoms with Gasteiger partial charge in [0.25, 0.3) is 0 Å². The average molecular weight is 307 g/mol. The molecule has 90 valence electrons. The van der Waals surface area contributed by atoms with Crippen molar-refractivity contribution in [2.75, 3.05) is 5.73 Å². The molecule has 3 aromatic rings. The molecule has 0 amide bonds. The Bertz CT molecular complexity index is 739. The van der Waals surface area contributed by atoms with Crippen molar-refractivity contribution in [2.24, 2.45) is 0 Å². The molecule has 0 unspecified atom stereocenters. The van der Waals surface area contributed by atoms with Crippen LogP contribution in [0.25, 0.3) is 22.6 Å². The van der Waals surface area contributed by atoms with Crippen LogP contribution in [0.5, 0.6) is 0 Å². The molecule has 2 aromatic carbocycles. The van der Waals surface area contributed by atoms with E-state index in [0.29, 0.717) is 32.7 Å². The van der Waals surface area contributed by atoms with E-state index in [1.165, 1.54) is 6.07 Å². The van der Waals surface area contributed by atoms with Crippen LogP contribution in [-0.4, -0.2) is 4.98 Å². The zero-order valence-corrected chi connectivity index (χ0v) is 10.7. The zero-order valence-electron chi connectivity index (χ0n) is 9.15. The largest absolute Gasteiger partial charge is 0.436 e. The Morgan fingerprint density at radius 1 is 1.22 bits per heavy atom. The van der Waals surface area contributed by atoms with E-state index in [-0.39, 0.29) is 5.82 Å². The summed E-state index contributed by atoms with van der Waals surface area (Å²) in [5.41, 5.74) is 8.10. The molecule has 3 nitrogen and oxygen atoms in total. The van der Waals surface area contributed by atoms with Gasteiger partial charge in [-0.05, 0) is 46.3 Å². The van der Waals surface area contributed by atoms with E-state index in [1.54, 1.807) is 30.3 Å².